The third-order valence-corrected chi connectivity index (χ3v) is 10.5. The molecular formula is C28H40O. The fourth-order valence-electron chi connectivity index (χ4n) is 8.60. The molecule has 1 heteroatoms. The van der Waals surface area contributed by atoms with Crippen molar-refractivity contribution in [3.05, 3.63) is 42.0 Å². The Bertz CT molecular complexity index is 768. The molecule has 5 rings (SSSR count). The van der Waals surface area contributed by atoms with Gasteiger partial charge in [-0.15, -0.1) is 0 Å². The highest BCUT2D eigenvalue weighted by molar-refractivity contribution is 5.51. The molecule has 1 nitrogen and oxygen atoms in total. The van der Waals surface area contributed by atoms with E-state index in [9.17, 15) is 5.11 Å². The van der Waals surface area contributed by atoms with E-state index >= 15 is 0 Å². The molecule has 1 aromatic carbocycles. The standard InChI is InChI=1S/C28H40O/c1-20-11-15-26(2)22(19-20)9-10-23-24(26)13-16-27(3)25(23)14-18-28(27,29)17-12-21-7-5-4-6-8-21/h4-8,12,17,20,22-25,29H,9-11,13-16,18-19H2,1-3H3/b17-12+/t20?,22?,23?,24?,25?,26?,27?,28-/m0/s1. The Balaban J connectivity index is 1.40. The molecule has 158 valence electrons. The first-order valence-corrected chi connectivity index (χ1v) is 12.3. The minimum Gasteiger partial charge on any atom is -0.385 e. The number of hydrogen-bond donors (Lipinski definition) is 1. The minimum atomic E-state index is -0.642. The van der Waals surface area contributed by atoms with Gasteiger partial charge >= 0.3 is 0 Å². The molecule has 0 amide bonds. The Labute approximate surface area is 178 Å². The van der Waals surface area contributed by atoms with Gasteiger partial charge in [0.15, 0.2) is 0 Å². The van der Waals surface area contributed by atoms with E-state index < -0.39 is 5.60 Å². The van der Waals surface area contributed by atoms with Gasteiger partial charge in [-0.2, -0.15) is 0 Å². The lowest BCUT2D eigenvalue weighted by Gasteiger charge is -2.61. The van der Waals surface area contributed by atoms with Crippen molar-refractivity contribution < 1.29 is 5.11 Å². The van der Waals surface area contributed by atoms with E-state index in [0.717, 1.165) is 30.1 Å². The summed E-state index contributed by atoms with van der Waals surface area (Å²) in [5.41, 5.74) is 1.17. The van der Waals surface area contributed by atoms with Gasteiger partial charge in [-0.05, 0) is 91.9 Å². The van der Waals surface area contributed by atoms with Crippen molar-refractivity contribution in [3.63, 3.8) is 0 Å². The van der Waals surface area contributed by atoms with E-state index in [0.29, 0.717) is 11.3 Å². The number of fused-ring (bicyclic) bond motifs is 5. The van der Waals surface area contributed by atoms with Crippen LogP contribution in [0, 0.1) is 40.4 Å². The van der Waals surface area contributed by atoms with Gasteiger partial charge in [0.05, 0.1) is 5.60 Å². The van der Waals surface area contributed by atoms with E-state index in [2.05, 4.69) is 63.3 Å². The van der Waals surface area contributed by atoms with Gasteiger partial charge in [-0.3, -0.25) is 0 Å². The fourth-order valence-corrected chi connectivity index (χ4v) is 8.60. The van der Waals surface area contributed by atoms with Gasteiger partial charge in [0.1, 0.15) is 0 Å². The Hall–Kier alpha value is -1.08. The Morgan fingerprint density at radius 1 is 0.897 bits per heavy atom. The van der Waals surface area contributed by atoms with E-state index in [-0.39, 0.29) is 5.41 Å². The summed E-state index contributed by atoms with van der Waals surface area (Å²) in [5.74, 6) is 4.31. The third-order valence-electron chi connectivity index (χ3n) is 10.5. The molecule has 4 fully saturated rings. The highest BCUT2D eigenvalue weighted by Gasteiger charge is 2.63. The van der Waals surface area contributed by atoms with Crippen LogP contribution in [0.2, 0.25) is 0 Å². The molecule has 0 spiro atoms. The predicted molar refractivity (Wildman–Crippen MR) is 121 cm³/mol. The van der Waals surface area contributed by atoms with Crippen LogP contribution in [0.15, 0.2) is 36.4 Å². The van der Waals surface area contributed by atoms with Crippen LogP contribution in [0.5, 0.6) is 0 Å². The summed E-state index contributed by atoms with van der Waals surface area (Å²) in [7, 11) is 0. The molecule has 0 radical (unpaired) electrons. The Kier molecular flexibility index (Phi) is 4.78. The average molecular weight is 393 g/mol. The number of hydrogen-bond acceptors (Lipinski definition) is 1. The summed E-state index contributed by atoms with van der Waals surface area (Å²) in [6.45, 7) is 7.55. The molecular weight excluding hydrogens is 352 g/mol. The van der Waals surface area contributed by atoms with Crippen LogP contribution in [-0.2, 0) is 0 Å². The Morgan fingerprint density at radius 2 is 1.66 bits per heavy atom. The van der Waals surface area contributed by atoms with Gasteiger partial charge in [0.25, 0.3) is 0 Å². The summed E-state index contributed by atoms with van der Waals surface area (Å²) in [4.78, 5) is 0. The lowest BCUT2D eigenvalue weighted by Crippen LogP contribution is -2.56. The normalized spacial score (nSPS) is 49.4. The third kappa shape index (κ3) is 2.98. The molecule has 8 atom stereocenters. The molecule has 0 heterocycles. The summed E-state index contributed by atoms with van der Waals surface area (Å²) in [6.07, 6.45) is 16.2. The molecule has 4 aliphatic carbocycles. The van der Waals surface area contributed by atoms with Crippen LogP contribution >= 0.6 is 0 Å². The van der Waals surface area contributed by atoms with Gasteiger partial charge < -0.3 is 5.11 Å². The largest absolute Gasteiger partial charge is 0.385 e. The molecule has 4 aliphatic rings. The van der Waals surface area contributed by atoms with Crippen molar-refractivity contribution in [2.75, 3.05) is 0 Å². The second kappa shape index (κ2) is 6.98. The zero-order valence-electron chi connectivity index (χ0n) is 18.7. The zero-order chi connectivity index (χ0) is 20.3. The molecule has 1 aromatic rings. The van der Waals surface area contributed by atoms with Crippen LogP contribution in [-0.4, -0.2) is 10.7 Å². The maximum Gasteiger partial charge on any atom is 0.0887 e. The molecule has 0 bridgehead atoms. The van der Waals surface area contributed by atoms with E-state index in [4.69, 9.17) is 0 Å². The van der Waals surface area contributed by atoms with Crippen molar-refractivity contribution in [1.82, 2.24) is 0 Å². The highest BCUT2D eigenvalue weighted by atomic mass is 16.3. The average Bonchev–Trinajstić information content (AvgIpc) is 2.99. The first kappa shape index (κ1) is 19.9. The van der Waals surface area contributed by atoms with Crippen molar-refractivity contribution in [2.24, 2.45) is 40.4 Å². The maximum absolute atomic E-state index is 11.8. The topological polar surface area (TPSA) is 20.2 Å². The van der Waals surface area contributed by atoms with Crippen molar-refractivity contribution >= 4 is 6.08 Å². The van der Waals surface area contributed by atoms with Crippen LogP contribution in [0.4, 0.5) is 0 Å². The van der Waals surface area contributed by atoms with Crippen molar-refractivity contribution in [1.29, 1.82) is 0 Å². The van der Waals surface area contributed by atoms with Crippen LogP contribution in [0.25, 0.3) is 6.08 Å². The molecule has 0 aliphatic heterocycles. The maximum atomic E-state index is 11.8. The van der Waals surface area contributed by atoms with Gasteiger partial charge in [0, 0.05) is 5.41 Å². The van der Waals surface area contributed by atoms with Crippen molar-refractivity contribution in [3.8, 4) is 0 Å². The summed E-state index contributed by atoms with van der Waals surface area (Å²) < 4.78 is 0. The first-order valence-electron chi connectivity index (χ1n) is 12.3. The predicted octanol–water partition coefficient (Wildman–Crippen LogP) is 7.11. The van der Waals surface area contributed by atoms with E-state index in [1.807, 2.05) is 0 Å². The number of aliphatic hydroxyl groups is 1. The smallest absolute Gasteiger partial charge is 0.0887 e. The van der Waals surface area contributed by atoms with Gasteiger partial charge in [-0.1, -0.05) is 69.7 Å². The molecule has 1 N–H and O–H groups in total. The van der Waals surface area contributed by atoms with Crippen LogP contribution in [0.1, 0.15) is 84.1 Å². The Morgan fingerprint density at radius 3 is 2.45 bits per heavy atom. The SMILES string of the molecule is CC1CCC2(C)C(CCC3C2CCC2(C)C3CC[C@@]2(O)/C=C/c2ccccc2)C1. The van der Waals surface area contributed by atoms with E-state index in [1.54, 1.807) is 0 Å². The second-order valence-electron chi connectivity index (χ2n) is 11.7. The molecule has 4 saturated carbocycles. The second-order valence-corrected chi connectivity index (χ2v) is 11.7. The molecule has 0 aromatic heterocycles. The molecule has 29 heavy (non-hydrogen) atoms. The highest BCUT2D eigenvalue weighted by Crippen LogP contribution is 2.68. The van der Waals surface area contributed by atoms with Gasteiger partial charge in [0.2, 0.25) is 0 Å². The van der Waals surface area contributed by atoms with Crippen molar-refractivity contribution in [2.45, 2.75) is 84.2 Å². The fraction of sp³-hybridized carbons (Fsp3) is 0.714. The number of benzene rings is 1. The van der Waals surface area contributed by atoms with Crippen LogP contribution in [0.3, 0.4) is 0 Å². The zero-order valence-corrected chi connectivity index (χ0v) is 18.7. The quantitative estimate of drug-likeness (QED) is 0.568. The minimum absolute atomic E-state index is 0.0462. The van der Waals surface area contributed by atoms with Crippen LogP contribution < -0.4 is 0 Å². The van der Waals surface area contributed by atoms with E-state index in [1.165, 1.54) is 56.9 Å². The molecule has 0 saturated heterocycles. The van der Waals surface area contributed by atoms with Gasteiger partial charge in [-0.25, -0.2) is 0 Å². The first-order chi connectivity index (χ1) is 13.9. The molecule has 7 unspecified atom stereocenters. The lowest BCUT2D eigenvalue weighted by molar-refractivity contribution is -0.140. The summed E-state index contributed by atoms with van der Waals surface area (Å²) in [6, 6.07) is 10.5. The summed E-state index contributed by atoms with van der Waals surface area (Å²) in [5, 5.41) is 11.8. The lowest BCUT2D eigenvalue weighted by atomic mass is 9.44. The summed E-state index contributed by atoms with van der Waals surface area (Å²) >= 11 is 0. The monoisotopic (exact) mass is 392 g/mol. The number of rotatable bonds is 2.